The van der Waals surface area contributed by atoms with Crippen LogP contribution in [0.5, 0.6) is 23.0 Å². The number of aliphatic hydroxyl groups excluding tert-OH is 2. The molecule has 0 saturated carbocycles. The number of hydrogen-bond acceptors (Lipinski definition) is 23. The molecule has 530 valence electrons. The number of aliphatic hydroxyl groups is 2. The van der Waals surface area contributed by atoms with Crippen molar-refractivity contribution in [3.63, 3.8) is 0 Å². The maximum absolute atomic E-state index is 14.5. The highest BCUT2D eigenvalue weighted by Crippen LogP contribution is 2.47. The molecule has 0 spiro atoms. The molecule has 13 N–H and O–H groups in total. The number of rotatable bonds is 30. The number of nitrogens with two attached hydrogens (primary N) is 4. The third kappa shape index (κ3) is 17.3. The normalized spacial score (nSPS) is 20.6. The summed E-state index contributed by atoms with van der Waals surface area (Å²) < 4.78 is 35.4. The number of benzene rings is 3. The van der Waals surface area contributed by atoms with Gasteiger partial charge in [0, 0.05) is 75.9 Å². The summed E-state index contributed by atoms with van der Waals surface area (Å²) in [4.78, 5) is 121. The minimum Gasteiger partial charge on any atom is -0.493 e. The van der Waals surface area contributed by atoms with Gasteiger partial charge >= 0.3 is 18.2 Å². The second kappa shape index (κ2) is 32.0. The van der Waals surface area contributed by atoms with Gasteiger partial charge in [0.2, 0.25) is 5.91 Å². The number of hydrazone groups is 1. The predicted molar refractivity (Wildman–Crippen MR) is 361 cm³/mol. The number of fused-ring (bicyclic) bond motifs is 4. The lowest BCUT2D eigenvalue weighted by Crippen LogP contribution is -2.66. The molecule has 0 aromatic heterocycles. The highest BCUT2D eigenvalue weighted by molar-refractivity contribution is 6.33. The van der Waals surface area contributed by atoms with E-state index >= 15 is 0 Å². The number of anilines is 3. The summed E-state index contributed by atoms with van der Waals surface area (Å²) in [5.41, 5.74) is 19.6. The predicted octanol–water partition coefficient (Wildman–Crippen LogP) is 5.12. The number of aliphatic imine (C=N–C) groups is 1. The second-order valence-electron chi connectivity index (χ2n) is 25.8. The second-order valence-corrected chi connectivity index (χ2v) is 25.8. The number of carbonyl (C=O) groups is 8. The Morgan fingerprint density at radius 2 is 1.28 bits per heavy atom. The standard InChI is InChI=1S/C67H90N14O17/c1-39(2)57(74-53(82)17-12-10-13-26-77-55(83)23-24-56(77)84)46(75-71)35-73-54(18-16-25-72-62(68)89)98-76-43-21-19-42(20-22-43)38-96-63(90)80-47-31-51(49(92-8)29-44(47)58(85)78-36-40(3)33-66(78,69)60(80)87)94-27-14-11-15-28-95-52-32-48-45(30-50(52)93-9)59(86)79-37-41(4)34-67(79,70)61(88)81(48)64(91)97-65(5,6)7/h19-24,29-32,35,39,54,57,60-61,76,87-88H,3-4,10-18,25-28,33-34,36-38,69-71H2,1-2,5-9H3,(H,74,82)(H3,68,72,89)/t54-,57+,60+,61+,66+,67+/m1/s1. The number of unbranched alkanes of at least 4 members (excludes halogenated alkanes) is 4. The molecule has 6 atom stereocenters. The molecule has 3 aromatic carbocycles. The van der Waals surface area contributed by atoms with E-state index in [9.17, 15) is 48.6 Å². The van der Waals surface area contributed by atoms with Crippen LogP contribution in [0.4, 0.5) is 31.4 Å². The lowest BCUT2D eigenvalue weighted by molar-refractivity contribution is -0.137. The Morgan fingerprint density at radius 1 is 0.745 bits per heavy atom. The van der Waals surface area contributed by atoms with E-state index in [0.717, 1.165) is 14.7 Å². The number of primary amides is 1. The fourth-order valence-electron chi connectivity index (χ4n) is 11.9. The first-order valence-corrected chi connectivity index (χ1v) is 32.3. The fraction of sp³-hybridized carbons (Fsp3) is 0.493. The van der Waals surface area contributed by atoms with E-state index < -0.39 is 71.7 Å². The van der Waals surface area contributed by atoms with Crippen LogP contribution in [-0.4, -0.2) is 180 Å². The number of ether oxygens (including phenoxy) is 6. The molecule has 0 unspecified atom stereocenters. The molecule has 5 aliphatic heterocycles. The van der Waals surface area contributed by atoms with Crippen LogP contribution in [0.15, 0.2) is 95.1 Å². The molecular weight excluding hydrogens is 1270 g/mol. The number of amides is 9. The van der Waals surface area contributed by atoms with E-state index in [1.54, 1.807) is 45.0 Å². The van der Waals surface area contributed by atoms with Gasteiger partial charge in [-0.3, -0.25) is 39.3 Å². The van der Waals surface area contributed by atoms with Crippen LogP contribution in [0.1, 0.15) is 132 Å². The summed E-state index contributed by atoms with van der Waals surface area (Å²) in [7, 11) is 2.79. The Kier molecular flexibility index (Phi) is 24.2. The van der Waals surface area contributed by atoms with Crippen molar-refractivity contribution >= 4 is 76.7 Å². The average molecular weight is 1360 g/mol. The molecule has 31 nitrogen and oxygen atoms in total. The highest BCUT2D eigenvalue weighted by atomic mass is 16.7. The Bertz CT molecular complexity index is 3600. The molecule has 0 bridgehead atoms. The van der Waals surface area contributed by atoms with Crippen LogP contribution in [0.2, 0.25) is 0 Å². The Hall–Kier alpha value is -9.82. The summed E-state index contributed by atoms with van der Waals surface area (Å²) in [6.45, 7) is 17.3. The number of hydrogen-bond donors (Lipinski definition) is 9. The van der Waals surface area contributed by atoms with Crippen LogP contribution >= 0.6 is 0 Å². The molecule has 0 aliphatic carbocycles. The number of carbonyl (C=O) groups excluding carboxylic acids is 8. The van der Waals surface area contributed by atoms with E-state index in [-0.39, 0.29) is 147 Å². The van der Waals surface area contributed by atoms with Crippen molar-refractivity contribution in [1.29, 1.82) is 0 Å². The van der Waals surface area contributed by atoms with E-state index in [4.69, 9.17) is 56.3 Å². The average Bonchev–Trinajstić information content (AvgIpc) is 1.58. The Morgan fingerprint density at radius 3 is 1.78 bits per heavy atom. The third-order valence-corrected chi connectivity index (χ3v) is 16.9. The lowest BCUT2D eigenvalue weighted by atomic mass is 9.99. The van der Waals surface area contributed by atoms with E-state index in [2.05, 4.69) is 39.4 Å². The van der Waals surface area contributed by atoms with Gasteiger partial charge in [0.25, 0.3) is 23.6 Å². The third-order valence-electron chi connectivity index (χ3n) is 16.9. The smallest absolute Gasteiger partial charge is 0.417 e. The highest BCUT2D eigenvalue weighted by Gasteiger charge is 2.57. The summed E-state index contributed by atoms with van der Waals surface area (Å²) >= 11 is 0. The minimum absolute atomic E-state index is 0.000532. The lowest BCUT2D eigenvalue weighted by Gasteiger charge is -2.40. The number of nitrogens with zero attached hydrogens (tertiary/aromatic N) is 7. The topological polar surface area (TPSA) is 423 Å². The molecule has 8 rings (SSSR count). The van der Waals surface area contributed by atoms with Crippen LogP contribution in [0.25, 0.3) is 0 Å². The summed E-state index contributed by atoms with van der Waals surface area (Å²) in [5.74, 6) is 4.21. The summed E-state index contributed by atoms with van der Waals surface area (Å²) in [6, 6.07) is 11.0. The van der Waals surface area contributed by atoms with Crippen molar-refractivity contribution < 1.29 is 81.8 Å². The van der Waals surface area contributed by atoms with Crippen molar-refractivity contribution in [3.8, 4) is 23.0 Å². The first kappa shape index (κ1) is 74.0. The molecular formula is C67H90N14O17. The molecule has 2 fully saturated rings. The number of nitrogens with one attached hydrogen (secondary N) is 3. The molecule has 0 radical (unpaired) electrons. The molecule has 2 saturated heterocycles. The summed E-state index contributed by atoms with van der Waals surface area (Å²) in [5, 5.41) is 33.4. The van der Waals surface area contributed by atoms with Gasteiger partial charge in [0.1, 0.15) is 29.2 Å². The molecule has 3 aromatic rings. The molecule has 5 heterocycles. The van der Waals surface area contributed by atoms with Crippen molar-refractivity contribution in [2.45, 2.75) is 154 Å². The zero-order valence-electron chi connectivity index (χ0n) is 56.3. The maximum Gasteiger partial charge on any atom is 0.417 e. The zero-order chi connectivity index (χ0) is 71.4. The van der Waals surface area contributed by atoms with Gasteiger partial charge < -0.3 is 82.1 Å². The zero-order valence-corrected chi connectivity index (χ0v) is 56.3. The number of imide groups is 1. The SMILES string of the molecule is C=C1CN2C(=O)c3cc(OC)c(OCCCCCOc4cc5c(cc4OC)C(=O)N4CC(=C)C[C@@]4(N)[C@H](O)N5C(=O)OC(C)(C)C)cc3N(C(=O)OCc3ccc(NO[C@H](CCCNC(N)=O)N=CC(=NN)[C@@H](NC(=O)CCCCCN4C(=O)C=CC4=O)C(C)C)cc3)[C@@H](O)[C@]2(N)C1. The fourth-order valence-corrected chi connectivity index (χ4v) is 11.9. The van der Waals surface area contributed by atoms with E-state index in [1.165, 1.54) is 66.7 Å². The first-order valence-electron chi connectivity index (χ1n) is 32.3. The van der Waals surface area contributed by atoms with Gasteiger partial charge in [-0.25, -0.2) is 29.0 Å². The molecule has 31 heteroatoms. The largest absolute Gasteiger partial charge is 0.493 e. The van der Waals surface area contributed by atoms with Crippen molar-refractivity contribution in [1.82, 2.24) is 25.3 Å². The van der Waals surface area contributed by atoms with Crippen LogP contribution in [-0.2, 0) is 35.3 Å². The molecule has 98 heavy (non-hydrogen) atoms. The van der Waals surface area contributed by atoms with Gasteiger partial charge in [-0.2, -0.15) is 5.10 Å². The monoisotopic (exact) mass is 1360 g/mol. The van der Waals surface area contributed by atoms with E-state index in [1.807, 2.05) is 13.8 Å². The Labute approximate surface area is 568 Å². The number of urea groups is 1. The van der Waals surface area contributed by atoms with Gasteiger partial charge in [-0.05, 0) is 101 Å². The van der Waals surface area contributed by atoms with Crippen LogP contribution < -0.4 is 67.9 Å². The quantitative estimate of drug-likeness (QED) is 0.0104. The van der Waals surface area contributed by atoms with Gasteiger partial charge in [0.15, 0.2) is 41.7 Å². The van der Waals surface area contributed by atoms with Crippen LogP contribution in [0, 0.1) is 5.92 Å². The molecule has 5 aliphatic rings. The van der Waals surface area contributed by atoms with Crippen molar-refractivity contribution in [2.24, 2.45) is 39.1 Å². The van der Waals surface area contributed by atoms with Crippen molar-refractivity contribution in [2.75, 3.05) is 68.9 Å². The van der Waals surface area contributed by atoms with Gasteiger partial charge in [0.05, 0.1) is 61.7 Å². The van der Waals surface area contributed by atoms with Gasteiger partial charge in [-0.1, -0.05) is 56.7 Å². The van der Waals surface area contributed by atoms with Crippen LogP contribution in [0.3, 0.4) is 0 Å². The Balaban J connectivity index is 0.895. The van der Waals surface area contributed by atoms with Crippen molar-refractivity contribution in [3.05, 3.63) is 102 Å². The maximum atomic E-state index is 14.5. The summed E-state index contributed by atoms with van der Waals surface area (Å²) in [6.07, 6.45) is 1.40. The van der Waals surface area contributed by atoms with Gasteiger partial charge in [-0.15, -0.1) is 0 Å². The molecule has 9 amide bonds. The first-order chi connectivity index (χ1) is 46.5. The number of methoxy groups -OCH3 is 2. The minimum atomic E-state index is -1.85. The van der Waals surface area contributed by atoms with E-state index in [0.29, 0.717) is 67.3 Å².